The van der Waals surface area contributed by atoms with Gasteiger partial charge in [0.15, 0.2) is 5.82 Å². The van der Waals surface area contributed by atoms with Crippen LogP contribution in [0.15, 0.2) is 29.2 Å². The Morgan fingerprint density at radius 2 is 2.08 bits per heavy atom. The van der Waals surface area contributed by atoms with Crippen LogP contribution in [0.4, 0.5) is 11.5 Å². The molecular formula is C16H16ClN3O3S. The third kappa shape index (κ3) is 3.73. The van der Waals surface area contributed by atoms with Crippen molar-refractivity contribution >= 4 is 39.9 Å². The van der Waals surface area contributed by atoms with Gasteiger partial charge >= 0.3 is 5.97 Å². The van der Waals surface area contributed by atoms with E-state index in [4.69, 9.17) is 11.6 Å². The second kappa shape index (κ2) is 7.27. The number of methoxy groups -OCH3 is 1. The Morgan fingerprint density at radius 3 is 2.79 bits per heavy atom. The van der Waals surface area contributed by atoms with Crippen LogP contribution in [0.1, 0.15) is 17.7 Å². The zero-order valence-corrected chi connectivity index (χ0v) is 14.6. The third-order valence-corrected chi connectivity index (χ3v) is 5.39. The lowest BCUT2D eigenvalue weighted by Gasteiger charge is -2.18. The van der Waals surface area contributed by atoms with Gasteiger partial charge < -0.3 is 10.1 Å². The van der Waals surface area contributed by atoms with Crippen molar-refractivity contribution in [3.05, 3.63) is 40.8 Å². The molecule has 1 aliphatic heterocycles. The number of carbonyl (C=O) groups is 1. The van der Waals surface area contributed by atoms with Crippen LogP contribution in [0.25, 0.3) is 0 Å². The molecule has 2 heterocycles. The molecule has 0 fully saturated rings. The SMILES string of the molecule is COC(=O)Cc1ccc(Nc2nc(Cl)nc3c2[S@@](=O)CCC3)cc1. The molecule has 0 saturated carbocycles. The van der Waals surface area contributed by atoms with Gasteiger partial charge in [0.1, 0.15) is 4.90 Å². The topological polar surface area (TPSA) is 81.2 Å². The summed E-state index contributed by atoms with van der Waals surface area (Å²) in [7, 11) is 0.232. The summed E-state index contributed by atoms with van der Waals surface area (Å²) in [5.74, 6) is 0.789. The smallest absolute Gasteiger partial charge is 0.309 e. The highest BCUT2D eigenvalue weighted by molar-refractivity contribution is 7.85. The van der Waals surface area contributed by atoms with Crippen LogP contribution in [0.3, 0.4) is 0 Å². The van der Waals surface area contributed by atoms with Crippen molar-refractivity contribution < 1.29 is 13.7 Å². The fraction of sp³-hybridized carbons (Fsp3) is 0.312. The van der Waals surface area contributed by atoms with E-state index in [2.05, 4.69) is 20.0 Å². The van der Waals surface area contributed by atoms with E-state index in [9.17, 15) is 9.00 Å². The minimum atomic E-state index is -1.13. The molecule has 0 bridgehead atoms. The zero-order valence-electron chi connectivity index (χ0n) is 13.0. The van der Waals surface area contributed by atoms with Gasteiger partial charge in [0.2, 0.25) is 5.28 Å². The molecular weight excluding hydrogens is 350 g/mol. The zero-order chi connectivity index (χ0) is 17.1. The molecule has 1 aliphatic rings. The van der Waals surface area contributed by atoms with E-state index in [-0.39, 0.29) is 17.7 Å². The fourth-order valence-electron chi connectivity index (χ4n) is 2.51. The van der Waals surface area contributed by atoms with Crippen LogP contribution in [-0.4, -0.2) is 33.0 Å². The molecule has 8 heteroatoms. The average Bonchev–Trinajstić information content (AvgIpc) is 2.56. The lowest BCUT2D eigenvalue weighted by atomic mass is 10.1. The lowest BCUT2D eigenvalue weighted by Crippen LogP contribution is -2.15. The first kappa shape index (κ1) is 16.9. The number of rotatable bonds is 4. The molecule has 0 radical (unpaired) electrons. The molecule has 1 aromatic heterocycles. The second-order valence-corrected chi connectivity index (χ2v) is 7.19. The van der Waals surface area contributed by atoms with Crippen LogP contribution in [0.5, 0.6) is 0 Å². The number of aryl methyl sites for hydroxylation is 1. The van der Waals surface area contributed by atoms with Crippen molar-refractivity contribution in [2.75, 3.05) is 18.2 Å². The highest BCUT2D eigenvalue weighted by Crippen LogP contribution is 2.30. The first-order chi connectivity index (χ1) is 11.6. The van der Waals surface area contributed by atoms with Gasteiger partial charge in [0.25, 0.3) is 0 Å². The van der Waals surface area contributed by atoms with E-state index in [1.165, 1.54) is 7.11 Å². The Labute approximate surface area is 147 Å². The van der Waals surface area contributed by atoms with Crippen LogP contribution in [0.2, 0.25) is 5.28 Å². The van der Waals surface area contributed by atoms with Gasteiger partial charge in [-0.1, -0.05) is 12.1 Å². The van der Waals surface area contributed by atoms with Crippen LogP contribution >= 0.6 is 11.6 Å². The van der Waals surface area contributed by atoms with E-state index in [0.29, 0.717) is 16.5 Å². The van der Waals surface area contributed by atoms with Crippen molar-refractivity contribution in [3.8, 4) is 0 Å². The van der Waals surface area contributed by atoms with Crippen LogP contribution < -0.4 is 5.32 Å². The van der Waals surface area contributed by atoms with Gasteiger partial charge in [0.05, 0.1) is 30.0 Å². The van der Waals surface area contributed by atoms with Crippen molar-refractivity contribution in [2.45, 2.75) is 24.2 Å². The van der Waals surface area contributed by atoms with Crippen molar-refractivity contribution in [2.24, 2.45) is 0 Å². The van der Waals surface area contributed by atoms with Gasteiger partial charge in [-0.2, -0.15) is 4.98 Å². The minimum Gasteiger partial charge on any atom is -0.469 e. The van der Waals surface area contributed by atoms with Gasteiger partial charge in [-0.25, -0.2) is 4.98 Å². The number of hydrogen-bond acceptors (Lipinski definition) is 6. The molecule has 24 heavy (non-hydrogen) atoms. The van der Waals surface area contributed by atoms with Crippen molar-refractivity contribution in [3.63, 3.8) is 0 Å². The monoisotopic (exact) mass is 365 g/mol. The van der Waals surface area contributed by atoms with E-state index in [0.717, 1.165) is 29.8 Å². The van der Waals surface area contributed by atoms with Gasteiger partial charge in [-0.05, 0) is 42.1 Å². The van der Waals surface area contributed by atoms with Crippen LogP contribution in [0, 0.1) is 0 Å². The predicted octanol–water partition coefficient (Wildman–Crippen LogP) is 2.64. The number of hydrogen-bond donors (Lipinski definition) is 1. The summed E-state index contributed by atoms with van der Waals surface area (Å²) in [6.07, 6.45) is 1.79. The molecule has 3 rings (SSSR count). The fourth-order valence-corrected chi connectivity index (χ4v) is 4.03. The van der Waals surface area contributed by atoms with Crippen LogP contribution in [-0.2, 0) is 33.2 Å². The summed E-state index contributed by atoms with van der Waals surface area (Å²) in [5.41, 5.74) is 2.35. The standard InChI is InChI=1S/C16H16ClN3O3S/c1-23-13(21)9-10-4-6-11(7-5-10)18-15-14-12(19-16(17)20-15)3-2-8-24(14)22/h4-7H,2-3,8-9H2,1H3,(H,18,19,20)/t24-/m0/s1. The summed E-state index contributed by atoms with van der Waals surface area (Å²) in [5, 5.41) is 3.29. The van der Waals surface area contributed by atoms with E-state index in [1.807, 2.05) is 24.3 Å². The number of fused-ring (bicyclic) bond motifs is 1. The van der Waals surface area contributed by atoms with Gasteiger partial charge in [-0.15, -0.1) is 0 Å². The Morgan fingerprint density at radius 1 is 1.33 bits per heavy atom. The van der Waals surface area contributed by atoms with Gasteiger partial charge in [0, 0.05) is 11.4 Å². The number of anilines is 2. The maximum atomic E-state index is 12.3. The summed E-state index contributed by atoms with van der Waals surface area (Å²) in [6, 6.07) is 7.30. The molecule has 0 aliphatic carbocycles. The van der Waals surface area contributed by atoms with E-state index in [1.54, 1.807) is 0 Å². The summed E-state index contributed by atoms with van der Waals surface area (Å²) in [4.78, 5) is 20.3. The molecule has 6 nitrogen and oxygen atoms in total. The Kier molecular flexibility index (Phi) is 5.11. The normalized spacial score (nSPS) is 16.3. The quantitative estimate of drug-likeness (QED) is 0.662. The van der Waals surface area contributed by atoms with Gasteiger partial charge in [-0.3, -0.25) is 9.00 Å². The number of esters is 1. The Hall–Kier alpha value is -1.99. The predicted molar refractivity (Wildman–Crippen MR) is 92.1 cm³/mol. The van der Waals surface area contributed by atoms with Crippen molar-refractivity contribution in [1.82, 2.24) is 9.97 Å². The number of aromatic nitrogens is 2. The number of nitrogens with zero attached hydrogens (tertiary/aromatic N) is 2. The number of halogens is 1. The summed E-state index contributed by atoms with van der Waals surface area (Å²) < 4.78 is 17.0. The Balaban J connectivity index is 1.85. The highest BCUT2D eigenvalue weighted by atomic mass is 35.5. The molecule has 2 aromatic rings. The summed E-state index contributed by atoms with van der Waals surface area (Å²) in [6.45, 7) is 0. The lowest BCUT2D eigenvalue weighted by molar-refractivity contribution is -0.139. The first-order valence-corrected chi connectivity index (χ1v) is 9.14. The minimum absolute atomic E-state index is 0.137. The molecule has 0 amide bonds. The highest BCUT2D eigenvalue weighted by Gasteiger charge is 2.23. The van der Waals surface area contributed by atoms with E-state index < -0.39 is 10.8 Å². The summed E-state index contributed by atoms with van der Waals surface area (Å²) >= 11 is 5.98. The molecule has 1 N–H and O–H groups in total. The molecule has 1 aromatic carbocycles. The number of benzene rings is 1. The molecule has 1 atom stereocenters. The third-order valence-electron chi connectivity index (χ3n) is 3.67. The molecule has 0 spiro atoms. The molecule has 0 unspecified atom stereocenters. The van der Waals surface area contributed by atoms with E-state index >= 15 is 0 Å². The number of nitrogens with one attached hydrogen (secondary N) is 1. The number of ether oxygens (including phenoxy) is 1. The maximum absolute atomic E-state index is 12.3. The second-order valence-electron chi connectivity index (χ2n) is 5.35. The number of carbonyl (C=O) groups excluding carboxylic acids is 1. The largest absolute Gasteiger partial charge is 0.469 e. The Bertz CT molecular complexity index is 796. The van der Waals surface area contributed by atoms with Crippen molar-refractivity contribution in [1.29, 1.82) is 0 Å². The first-order valence-electron chi connectivity index (χ1n) is 7.44. The maximum Gasteiger partial charge on any atom is 0.309 e. The molecule has 126 valence electrons. The average molecular weight is 366 g/mol. The molecule has 0 saturated heterocycles.